The van der Waals surface area contributed by atoms with Crippen molar-refractivity contribution in [1.82, 2.24) is 19.9 Å². The van der Waals surface area contributed by atoms with E-state index in [9.17, 15) is 0 Å². The van der Waals surface area contributed by atoms with E-state index in [1.54, 1.807) is 72.6 Å². The normalized spacial score (nSPS) is 14.9. The quantitative estimate of drug-likeness (QED) is 0.0792. The Morgan fingerprint density at radius 3 is 2.46 bits per heavy atom. The number of ether oxygens (including phenoxy) is 3. The van der Waals surface area contributed by atoms with E-state index in [4.69, 9.17) is 52.3 Å². The molecule has 6 rings (SSSR count). The molecule has 0 aliphatic carbocycles. The van der Waals surface area contributed by atoms with Crippen LogP contribution in [0.25, 0.3) is 0 Å². The van der Waals surface area contributed by atoms with E-state index in [-0.39, 0.29) is 41.5 Å². The van der Waals surface area contributed by atoms with E-state index in [0.29, 0.717) is 22.3 Å². The number of hydrogen-bond acceptors (Lipinski definition) is 13. The van der Waals surface area contributed by atoms with E-state index in [2.05, 4.69) is 35.2 Å². The molecule has 1 fully saturated rings. The first-order valence-electron chi connectivity index (χ1n) is 14.1. The van der Waals surface area contributed by atoms with Crippen molar-refractivity contribution in [1.29, 1.82) is 5.26 Å². The summed E-state index contributed by atoms with van der Waals surface area (Å²) in [7, 11) is 1.37. The number of thioether (sulfide) groups is 1. The summed E-state index contributed by atoms with van der Waals surface area (Å²) in [6, 6.07) is 17.0. The number of halogens is 3. The molecule has 2 aliphatic heterocycles. The molecule has 2 aromatic carbocycles. The summed E-state index contributed by atoms with van der Waals surface area (Å²) in [5.41, 5.74) is 1.67. The maximum Gasteiger partial charge on any atom is 0.280 e. The number of nitrogens with zero attached hydrogens (tertiary/aromatic N) is 8. The highest BCUT2D eigenvalue weighted by atomic mass is 35.5. The molecule has 0 radical (unpaired) electrons. The highest BCUT2D eigenvalue weighted by molar-refractivity contribution is 8.14. The lowest BCUT2D eigenvalue weighted by Crippen LogP contribution is -2.25. The van der Waals surface area contributed by atoms with Gasteiger partial charge < -0.3 is 28.8 Å². The van der Waals surface area contributed by atoms with Crippen molar-refractivity contribution in [2.75, 3.05) is 32.6 Å². The molecule has 246 valence electrons. The molecule has 2 aliphatic rings. The van der Waals surface area contributed by atoms with Gasteiger partial charge in [-0.25, -0.2) is 4.98 Å². The molecule has 0 N–H and O–H groups in total. The molecule has 1 saturated heterocycles. The molecular formula is C31H25Cl2FN8O5S. The molecule has 13 nitrogen and oxygen atoms in total. The van der Waals surface area contributed by atoms with E-state index < -0.39 is 5.82 Å². The fourth-order valence-corrected chi connectivity index (χ4v) is 5.35. The molecule has 0 spiro atoms. The van der Waals surface area contributed by atoms with E-state index >= 15 is 4.39 Å². The number of rotatable bonds is 9. The van der Waals surface area contributed by atoms with E-state index in [0.717, 1.165) is 35.9 Å². The fraction of sp³-hybridized carbons (Fsp3) is 0.194. The molecule has 0 amide bonds. The summed E-state index contributed by atoms with van der Waals surface area (Å²) in [5, 5.41) is 17.9. The van der Waals surface area contributed by atoms with Gasteiger partial charge in [-0.2, -0.15) is 19.6 Å². The van der Waals surface area contributed by atoms with Crippen LogP contribution in [0.3, 0.4) is 0 Å². The summed E-state index contributed by atoms with van der Waals surface area (Å²) in [6.45, 7) is 2.22. The van der Waals surface area contributed by atoms with Crippen molar-refractivity contribution in [2.45, 2.75) is 6.54 Å². The van der Waals surface area contributed by atoms with Crippen molar-refractivity contribution in [3.05, 3.63) is 100 Å². The maximum absolute atomic E-state index is 15.1. The lowest BCUT2D eigenvalue weighted by Gasteiger charge is -2.17. The monoisotopic (exact) mass is 710 g/mol. The Morgan fingerprint density at radius 2 is 1.77 bits per heavy atom. The lowest BCUT2D eigenvalue weighted by atomic mass is 10.1. The number of para-hydroxylation sites is 2. The van der Waals surface area contributed by atoms with Gasteiger partial charge in [-0.1, -0.05) is 70.5 Å². The lowest BCUT2D eigenvalue weighted by molar-refractivity contribution is 0.0672. The Balaban J connectivity index is 0.000000236. The number of nitriles is 1. The van der Waals surface area contributed by atoms with Crippen molar-refractivity contribution < 1.29 is 28.3 Å². The third kappa shape index (κ3) is 9.00. The summed E-state index contributed by atoms with van der Waals surface area (Å²) >= 11 is 13.4. The molecule has 4 aromatic rings. The molecule has 0 atom stereocenters. The summed E-state index contributed by atoms with van der Waals surface area (Å²) < 4.78 is 31.8. The summed E-state index contributed by atoms with van der Waals surface area (Å²) in [4.78, 5) is 27.6. The van der Waals surface area contributed by atoms with Crippen molar-refractivity contribution in [3.63, 3.8) is 0 Å². The predicted octanol–water partition coefficient (Wildman–Crippen LogP) is 6.69. The number of amidine groups is 1. The zero-order valence-electron chi connectivity index (χ0n) is 25.1. The van der Waals surface area contributed by atoms with Gasteiger partial charge in [0.25, 0.3) is 17.7 Å². The van der Waals surface area contributed by atoms with Gasteiger partial charge in [-0.05, 0) is 41.1 Å². The van der Waals surface area contributed by atoms with E-state index in [1.807, 2.05) is 12.3 Å². The average molecular weight is 712 g/mol. The SMILES string of the molecule is CO/N=C(/C1=NOCCO1)c1ccccc1Oc1ncnc(Oc2ccccc2Cl)c1F.N#CN=C1SCCN1Cc1ccc(Cl)nc1. The minimum Gasteiger partial charge on any atom is -0.470 e. The van der Waals surface area contributed by atoms with Crippen molar-refractivity contribution >= 4 is 51.7 Å². The summed E-state index contributed by atoms with van der Waals surface area (Å²) in [5.74, 6) is -0.112. The number of benzene rings is 2. The van der Waals surface area contributed by atoms with Crippen LogP contribution in [0.5, 0.6) is 23.3 Å². The fourth-order valence-electron chi connectivity index (χ4n) is 4.13. The van der Waals surface area contributed by atoms with Gasteiger partial charge in [-0.3, -0.25) is 0 Å². The molecule has 0 unspecified atom stereocenters. The zero-order chi connectivity index (χ0) is 33.7. The molecule has 0 saturated carbocycles. The smallest absolute Gasteiger partial charge is 0.280 e. The van der Waals surface area contributed by atoms with Crippen LogP contribution in [0.15, 0.2) is 88.5 Å². The molecule has 17 heteroatoms. The highest BCUT2D eigenvalue weighted by Crippen LogP contribution is 2.34. The third-order valence-electron chi connectivity index (χ3n) is 6.23. The first-order chi connectivity index (χ1) is 23.5. The molecule has 4 heterocycles. The van der Waals surface area contributed by atoms with Gasteiger partial charge in [0.1, 0.15) is 36.7 Å². The van der Waals surface area contributed by atoms with Gasteiger partial charge in [0.15, 0.2) is 17.5 Å². The van der Waals surface area contributed by atoms with Crippen LogP contribution < -0.4 is 9.47 Å². The van der Waals surface area contributed by atoms with Crippen LogP contribution in [0, 0.1) is 17.3 Å². The topological polar surface area (TPSA) is 149 Å². The van der Waals surface area contributed by atoms with Crippen LogP contribution in [0.1, 0.15) is 11.1 Å². The standard InChI is InChI=1S/C21H16ClFN4O5.C10H9ClN4S/c1-28-26-18(21-27-30-11-10-29-21)13-6-2-4-8-15(13)31-19-17(23)20(25-12-24-19)32-16-9-5-3-7-14(16)22;11-9-2-1-8(5-13-9)6-15-3-4-16-10(15)14-7-12/h2-9,12H,10-11H2,1H3;1-2,5H,3-4,6H2/b26-18+;. The number of aromatic nitrogens is 3. The first-order valence-corrected chi connectivity index (χ1v) is 15.8. The first kappa shape index (κ1) is 34.2. The predicted molar refractivity (Wildman–Crippen MR) is 178 cm³/mol. The molecule has 2 aromatic heterocycles. The Bertz CT molecular complexity index is 1860. The minimum atomic E-state index is -0.915. The second-order valence-corrected chi connectivity index (χ2v) is 11.2. The number of pyridine rings is 1. The Hall–Kier alpha value is -5.17. The van der Waals surface area contributed by atoms with Crippen LogP contribution in [-0.2, 0) is 21.0 Å². The van der Waals surface area contributed by atoms with Crippen LogP contribution >= 0.6 is 35.0 Å². The van der Waals surface area contributed by atoms with Gasteiger partial charge >= 0.3 is 0 Å². The zero-order valence-corrected chi connectivity index (χ0v) is 27.5. The van der Waals surface area contributed by atoms with Gasteiger partial charge in [0.2, 0.25) is 12.0 Å². The maximum atomic E-state index is 15.1. The third-order valence-corrected chi connectivity index (χ3v) is 7.76. The second kappa shape index (κ2) is 17.1. The minimum absolute atomic E-state index is 0.0973. The molecule has 0 bridgehead atoms. The van der Waals surface area contributed by atoms with Crippen molar-refractivity contribution in [3.8, 4) is 29.5 Å². The van der Waals surface area contributed by atoms with Crippen molar-refractivity contribution in [2.24, 2.45) is 15.3 Å². The Labute approximate surface area is 288 Å². The van der Waals surface area contributed by atoms with Crippen LogP contribution in [0.2, 0.25) is 10.2 Å². The number of oxime groups is 2. The largest absolute Gasteiger partial charge is 0.470 e. The summed E-state index contributed by atoms with van der Waals surface area (Å²) in [6.07, 6.45) is 4.68. The van der Waals surface area contributed by atoms with Crippen LogP contribution in [0.4, 0.5) is 4.39 Å². The van der Waals surface area contributed by atoms with Crippen LogP contribution in [-0.4, -0.2) is 69.3 Å². The molecule has 48 heavy (non-hydrogen) atoms. The number of aliphatic imine (C=N–C) groups is 1. The highest BCUT2D eigenvalue weighted by Gasteiger charge is 2.24. The molecular weight excluding hydrogens is 686 g/mol. The van der Waals surface area contributed by atoms with Gasteiger partial charge in [-0.15, -0.1) is 4.99 Å². The van der Waals surface area contributed by atoms with Gasteiger partial charge in [0, 0.05) is 25.0 Å². The average Bonchev–Trinajstić information content (AvgIpc) is 3.55. The van der Waals surface area contributed by atoms with E-state index in [1.165, 1.54) is 7.11 Å². The van der Waals surface area contributed by atoms with Gasteiger partial charge in [0.05, 0.1) is 10.6 Å². The second-order valence-electron chi connectivity index (χ2n) is 9.38. The number of hydrogen-bond donors (Lipinski definition) is 0. The Morgan fingerprint density at radius 1 is 1.02 bits per heavy atom. The Kier molecular flexibility index (Phi) is 12.2.